The average Bonchev–Trinajstić information content (AvgIpc) is 2.82. The molecule has 0 atom stereocenters. The molecule has 0 radical (unpaired) electrons. The third-order valence-corrected chi connectivity index (χ3v) is 7.72. The Balaban J connectivity index is 1.71. The summed E-state index contributed by atoms with van der Waals surface area (Å²) in [6.07, 6.45) is 14.0. The monoisotopic (exact) mass is 344 g/mol. The zero-order valence-electron chi connectivity index (χ0n) is 17.1. The molecule has 0 aliphatic heterocycles. The highest BCUT2D eigenvalue weighted by atomic mass is 15.0. The molecule has 0 spiro atoms. The van der Waals surface area contributed by atoms with E-state index in [4.69, 9.17) is 0 Å². The molecule has 0 aromatic carbocycles. The average molecular weight is 345 g/mol. The van der Waals surface area contributed by atoms with Crippen LogP contribution in [-0.4, -0.2) is 25.2 Å². The van der Waals surface area contributed by atoms with Crippen molar-refractivity contribution >= 4 is 0 Å². The van der Waals surface area contributed by atoms with Gasteiger partial charge in [0.25, 0.3) is 0 Å². The Bertz CT molecular complexity index is 468. The second kappa shape index (κ2) is 8.39. The fourth-order valence-electron chi connectivity index (χ4n) is 5.40. The van der Waals surface area contributed by atoms with E-state index < -0.39 is 0 Å². The lowest BCUT2D eigenvalue weighted by atomic mass is 9.76. The summed E-state index contributed by atoms with van der Waals surface area (Å²) >= 11 is 0. The molecule has 2 saturated carbocycles. The lowest BCUT2D eigenvalue weighted by Gasteiger charge is -2.38. The second-order valence-corrected chi connectivity index (χ2v) is 9.01. The molecular weight excluding hydrogens is 304 g/mol. The summed E-state index contributed by atoms with van der Waals surface area (Å²) in [4.78, 5) is 0. The largest absolute Gasteiger partial charge is 0.313 e. The van der Waals surface area contributed by atoms with Gasteiger partial charge >= 0.3 is 0 Å². The van der Waals surface area contributed by atoms with Crippen molar-refractivity contribution in [2.24, 2.45) is 5.41 Å². The maximum atomic E-state index is 3.99. The quantitative estimate of drug-likeness (QED) is 0.664. The standard InChI is InChI=1S/C23H40N2/c1-17-18(2)20(4)23(19(17)3,15-24-21-11-7-5-8-12-21)16-25-22-13-9-6-10-14-22/h21-22,24-25H,5-16H2,1-4H3. The van der Waals surface area contributed by atoms with Crippen LogP contribution in [0.2, 0.25) is 0 Å². The van der Waals surface area contributed by atoms with Crippen LogP contribution in [-0.2, 0) is 0 Å². The maximum Gasteiger partial charge on any atom is 0.0376 e. The van der Waals surface area contributed by atoms with Crippen molar-refractivity contribution < 1.29 is 0 Å². The summed E-state index contributed by atoms with van der Waals surface area (Å²) in [5.41, 5.74) is 6.48. The zero-order chi connectivity index (χ0) is 17.9. The molecule has 0 heterocycles. The number of nitrogens with one attached hydrogen (secondary N) is 2. The highest BCUT2D eigenvalue weighted by Gasteiger charge is 2.41. The SMILES string of the molecule is CC1=C(C)C(CNC2CCCCC2)(CNC2CCCCC2)C(C)=C1C. The van der Waals surface area contributed by atoms with E-state index in [-0.39, 0.29) is 5.41 Å². The smallest absolute Gasteiger partial charge is 0.0376 e. The molecule has 2 heteroatoms. The number of hydrogen-bond donors (Lipinski definition) is 2. The van der Waals surface area contributed by atoms with Crippen LogP contribution in [0.4, 0.5) is 0 Å². The number of rotatable bonds is 6. The van der Waals surface area contributed by atoms with Crippen LogP contribution in [0.15, 0.2) is 22.3 Å². The highest BCUT2D eigenvalue weighted by Crippen LogP contribution is 2.46. The summed E-state index contributed by atoms with van der Waals surface area (Å²) in [5, 5.41) is 7.97. The molecule has 0 saturated heterocycles. The normalized spacial score (nSPS) is 25.9. The summed E-state index contributed by atoms with van der Waals surface area (Å²) in [6.45, 7) is 11.7. The molecule has 25 heavy (non-hydrogen) atoms. The van der Waals surface area contributed by atoms with Crippen molar-refractivity contribution in [1.29, 1.82) is 0 Å². The van der Waals surface area contributed by atoms with Crippen molar-refractivity contribution in [2.45, 2.75) is 104 Å². The van der Waals surface area contributed by atoms with Crippen LogP contribution >= 0.6 is 0 Å². The minimum absolute atomic E-state index is 0.197. The second-order valence-electron chi connectivity index (χ2n) is 9.01. The van der Waals surface area contributed by atoms with E-state index in [9.17, 15) is 0 Å². The van der Waals surface area contributed by atoms with Crippen molar-refractivity contribution in [3.63, 3.8) is 0 Å². The van der Waals surface area contributed by atoms with Gasteiger partial charge in [-0.2, -0.15) is 0 Å². The van der Waals surface area contributed by atoms with Crippen molar-refractivity contribution in [1.82, 2.24) is 10.6 Å². The molecule has 0 amide bonds. The minimum atomic E-state index is 0.197. The van der Waals surface area contributed by atoms with Gasteiger partial charge in [0.1, 0.15) is 0 Å². The molecule has 3 aliphatic carbocycles. The van der Waals surface area contributed by atoms with Crippen molar-refractivity contribution in [2.75, 3.05) is 13.1 Å². The van der Waals surface area contributed by atoms with Gasteiger partial charge in [0.05, 0.1) is 0 Å². The molecule has 0 aromatic heterocycles. The van der Waals surface area contributed by atoms with E-state index >= 15 is 0 Å². The van der Waals surface area contributed by atoms with Crippen LogP contribution in [0.1, 0.15) is 91.9 Å². The van der Waals surface area contributed by atoms with E-state index in [1.807, 2.05) is 0 Å². The van der Waals surface area contributed by atoms with E-state index in [1.54, 1.807) is 11.1 Å². The predicted molar refractivity (Wildman–Crippen MR) is 109 cm³/mol. The molecule has 142 valence electrons. The summed E-state index contributed by atoms with van der Waals surface area (Å²) < 4.78 is 0. The highest BCUT2D eigenvalue weighted by molar-refractivity contribution is 5.51. The van der Waals surface area contributed by atoms with Gasteiger partial charge in [-0.1, -0.05) is 49.7 Å². The van der Waals surface area contributed by atoms with Crippen LogP contribution in [0.3, 0.4) is 0 Å². The van der Waals surface area contributed by atoms with E-state index in [0.717, 1.165) is 25.2 Å². The third kappa shape index (κ3) is 4.06. The number of hydrogen-bond acceptors (Lipinski definition) is 2. The lowest BCUT2D eigenvalue weighted by Crippen LogP contribution is -2.48. The van der Waals surface area contributed by atoms with Crippen molar-refractivity contribution in [3.8, 4) is 0 Å². The van der Waals surface area contributed by atoms with Crippen LogP contribution < -0.4 is 10.6 Å². The Morgan fingerprint density at radius 2 is 1.00 bits per heavy atom. The Kier molecular flexibility index (Phi) is 6.44. The third-order valence-electron chi connectivity index (χ3n) is 7.72. The van der Waals surface area contributed by atoms with E-state index in [0.29, 0.717) is 0 Å². The zero-order valence-corrected chi connectivity index (χ0v) is 17.1. The van der Waals surface area contributed by atoms with Gasteiger partial charge in [-0.05, 0) is 64.5 Å². The summed E-state index contributed by atoms with van der Waals surface area (Å²) in [5.74, 6) is 0. The van der Waals surface area contributed by atoms with Gasteiger partial charge in [0.15, 0.2) is 0 Å². The summed E-state index contributed by atoms with van der Waals surface area (Å²) in [6, 6.07) is 1.48. The molecule has 0 bridgehead atoms. The first-order chi connectivity index (χ1) is 12.0. The van der Waals surface area contributed by atoms with Crippen LogP contribution in [0.25, 0.3) is 0 Å². The van der Waals surface area contributed by atoms with Crippen LogP contribution in [0.5, 0.6) is 0 Å². The van der Waals surface area contributed by atoms with E-state index in [1.165, 1.54) is 75.4 Å². The fourth-order valence-corrected chi connectivity index (χ4v) is 5.40. The first-order valence-electron chi connectivity index (χ1n) is 10.9. The molecule has 2 N–H and O–H groups in total. The van der Waals surface area contributed by atoms with E-state index in [2.05, 4.69) is 38.3 Å². The fraction of sp³-hybridized carbons (Fsp3) is 0.826. The van der Waals surface area contributed by atoms with Gasteiger partial charge in [0.2, 0.25) is 0 Å². The molecule has 0 aromatic rings. The summed E-state index contributed by atoms with van der Waals surface area (Å²) in [7, 11) is 0. The lowest BCUT2D eigenvalue weighted by molar-refractivity contribution is 0.284. The van der Waals surface area contributed by atoms with Gasteiger partial charge in [-0.15, -0.1) is 0 Å². The minimum Gasteiger partial charge on any atom is -0.313 e. The van der Waals surface area contributed by atoms with Crippen LogP contribution in [0, 0.1) is 5.41 Å². The molecule has 0 unspecified atom stereocenters. The van der Waals surface area contributed by atoms with Gasteiger partial charge in [-0.3, -0.25) is 0 Å². The molecule has 2 nitrogen and oxygen atoms in total. The van der Waals surface area contributed by atoms with Gasteiger partial charge in [0, 0.05) is 30.6 Å². The first-order valence-corrected chi connectivity index (χ1v) is 10.9. The van der Waals surface area contributed by atoms with Crippen molar-refractivity contribution in [3.05, 3.63) is 22.3 Å². The molecule has 3 aliphatic rings. The number of allylic oxidation sites excluding steroid dienone is 2. The Morgan fingerprint density at radius 1 is 0.640 bits per heavy atom. The molecule has 2 fully saturated rings. The Morgan fingerprint density at radius 3 is 1.36 bits per heavy atom. The van der Waals surface area contributed by atoms with Gasteiger partial charge in [-0.25, -0.2) is 0 Å². The maximum absolute atomic E-state index is 3.99. The Hall–Kier alpha value is -0.600. The molecule has 3 rings (SSSR count). The first kappa shape index (κ1) is 19.2. The van der Waals surface area contributed by atoms with Gasteiger partial charge < -0.3 is 10.6 Å². The Labute approximate surface area is 155 Å². The predicted octanol–water partition coefficient (Wildman–Crippen LogP) is 5.50. The molecular formula is C23H40N2. The topological polar surface area (TPSA) is 24.1 Å².